The van der Waals surface area contributed by atoms with E-state index in [2.05, 4.69) is 4.98 Å². The van der Waals surface area contributed by atoms with Crippen molar-refractivity contribution in [1.82, 2.24) is 9.55 Å². The normalized spacial score (nSPS) is 19.6. The summed E-state index contributed by atoms with van der Waals surface area (Å²) in [6, 6.07) is 9.06. The molecule has 0 saturated carbocycles. The van der Waals surface area contributed by atoms with Gasteiger partial charge in [-0.2, -0.15) is 0 Å². The number of rotatable bonds is 9. The average Bonchev–Trinajstić information content (AvgIpc) is 3.40. The van der Waals surface area contributed by atoms with Crippen LogP contribution in [0.4, 0.5) is 11.4 Å². The topological polar surface area (TPSA) is 192 Å². The second kappa shape index (κ2) is 12.7. The Morgan fingerprint density at radius 2 is 1.40 bits per heavy atom. The quantitative estimate of drug-likeness (QED) is 0.137. The van der Waals surface area contributed by atoms with Crippen LogP contribution in [0, 0.1) is 20.2 Å². The van der Waals surface area contributed by atoms with Crippen molar-refractivity contribution in [2.24, 2.45) is 0 Å². The summed E-state index contributed by atoms with van der Waals surface area (Å²) < 4.78 is 23.4. The molecule has 1 fully saturated rings. The fraction of sp³-hybridized carbons (Fsp3) is 0.250. The molecule has 1 aromatic heterocycles. The highest BCUT2D eigenvalue weighted by Gasteiger charge is 2.52. The Kier molecular flexibility index (Phi) is 9.26. The molecule has 1 aliphatic rings. The number of benzene rings is 2. The molecule has 2 heterocycles. The van der Waals surface area contributed by atoms with Crippen molar-refractivity contribution in [3.8, 4) is 0 Å². The summed E-state index contributed by atoms with van der Waals surface area (Å²) in [4.78, 5) is 62.2. The zero-order valence-corrected chi connectivity index (χ0v) is 23.3. The lowest BCUT2D eigenvalue weighted by atomic mass is 10.1. The Balaban J connectivity index is 1.64. The van der Waals surface area contributed by atoms with Gasteiger partial charge in [-0.15, -0.1) is 0 Å². The largest absolute Gasteiger partial charge is 0.459 e. The van der Waals surface area contributed by atoms with Crippen molar-refractivity contribution in [3.63, 3.8) is 0 Å². The molecule has 0 spiro atoms. The minimum absolute atomic E-state index is 0.0291. The highest BCUT2D eigenvalue weighted by atomic mass is 35.5. The van der Waals surface area contributed by atoms with Crippen LogP contribution in [0.15, 0.2) is 48.5 Å². The maximum atomic E-state index is 13.0. The molecule has 3 aromatic rings. The van der Waals surface area contributed by atoms with E-state index in [4.69, 9.17) is 53.8 Å². The Bertz CT molecular complexity index is 1550. The standard InChI is InChI=1S/C24H17Cl3N4O11/c1-11(32)40-18-17(42-23(34)13-4-8-15(9-5-13)31(37)38)16(41-21(18)29-20(26)19(25)28-24(29)27)10-39-22(33)12-2-6-14(7-3-12)30(35)36/h2-9,16-18,21H,10H2,1H3/t16-,17+,18-,21-/m1/s1. The van der Waals surface area contributed by atoms with Crippen molar-refractivity contribution < 1.29 is 43.2 Å². The van der Waals surface area contributed by atoms with Crippen LogP contribution in [-0.4, -0.2) is 62.2 Å². The fourth-order valence-corrected chi connectivity index (χ4v) is 4.70. The summed E-state index contributed by atoms with van der Waals surface area (Å²) in [5, 5.41) is 21.2. The van der Waals surface area contributed by atoms with Crippen LogP contribution in [0.2, 0.25) is 15.6 Å². The number of non-ortho nitro benzene ring substituents is 2. The molecule has 2 aromatic carbocycles. The van der Waals surface area contributed by atoms with Crippen LogP contribution >= 0.6 is 34.8 Å². The van der Waals surface area contributed by atoms with Gasteiger partial charge in [0.1, 0.15) is 12.7 Å². The number of aromatic nitrogens is 2. The molecular weight excluding hydrogens is 627 g/mol. The highest BCUT2D eigenvalue weighted by molar-refractivity contribution is 6.42. The first-order chi connectivity index (χ1) is 19.9. The maximum Gasteiger partial charge on any atom is 0.338 e. The molecule has 0 radical (unpaired) electrons. The van der Waals surface area contributed by atoms with Crippen molar-refractivity contribution in [2.75, 3.05) is 6.61 Å². The first-order valence-electron chi connectivity index (χ1n) is 11.7. The molecule has 0 bridgehead atoms. The third kappa shape index (κ3) is 6.60. The Morgan fingerprint density at radius 1 is 0.881 bits per heavy atom. The van der Waals surface area contributed by atoms with Gasteiger partial charge in [0.2, 0.25) is 5.28 Å². The number of carbonyl (C=O) groups is 3. The summed E-state index contributed by atoms with van der Waals surface area (Å²) in [6.07, 6.45) is -5.53. The van der Waals surface area contributed by atoms with E-state index in [1.807, 2.05) is 0 Å². The van der Waals surface area contributed by atoms with Crippen LogP contribution in [0.5, 0.6) is 0 Å². The van der Waals surface area contributed by atoms with Gasteiger partial charge in [0.15, 0.2) is 28.7 Å². The third-order valence-electron chi connectivity index (χ3n) is 5.86. The number of nitro groups is 2. The number of hydrogen-bond donors (Lipinski definition) is 0. The molecule has 4 rings (SSSR count). The van der Waals surface area contributed by atoms with Gasteiger partial charge in [-0.3, -0.25) is 29.6 Å². The van der Waals surface area contributed by atoms with E-state index in [0.717, 1.165) is 47.9 Å². The zero-order valence-electron chi connectivity index (χ0n) is 21.0. The fourth-order valence-electron chi connectivity index (χ4n) is 3.96. The molecule has 0 unspecified atom stereocenters. The SMILES string of the molecule is CC(=O)O[C@@H]1[C@@H](OC(=O)c2ccc([N+](=O)[O-])cc2)[C@@H](COC(=O)c2ccc([N+](=O)[O-])cc2)O[C@H]1n1c(Cl)nc(Cl)c1Cl. The summed E-state index contributed by atoms with van der Waals surface area (Å²) in [5.74, 6) is -2.70. The van der Waals surface area contributed by atoms with Crippen molar-refractivity contribution in [2.45, 2.75) is 31.5 Å². The van der Waals surface area contributed by atoms with E-state index >= 15 is 0 Å². The molecule has 220 valence electrons. The summed E-state index contributed by atoms with van der Waals surface area (Å²) in [5.41, 5.74) is -0.637. The minimum Gasteiger partial charge on any atom is -0.459 e. The number of nitrogens with zero attached hydrogens (tertiary/aromatic N) is 4. The van der Waals surface area contributed by atoms with Gasteiger partial charge in [0.25, 0.3) is 11.4 Å². The Morgan fingerprint density at radius 3 is 1.86 bits per heavy atom. The van der Waals surface area contributed by atoms with E-state index in [-0.39, 0.29) is 38.1 Å². The Labute approximate surface area is 250 Å². The Hall–Kier alpha value is -4.31. The van der Waals surface area contributed by atoms with E-state index in [1.165, 1.54) is 12.1 Å². The van der Waals surface area contributed by atoms with E-state index < -0.39 is 58.9 Å². The zero-order chi connectivity index (χ0) is 30.7. The third-order valence-corrected chi connectivity index (χ3v) is 6.85. The van der Waals surface area contributed by atoms with E-state index in [0.29, 0.717) is 0 Å². The predicted octanol–water partition coefficient (Wildman–Crippen LogP) is 4.57. The molecule has 4 atom stereocenters. The number of carbonyl (C=O) groups excluding carboxylic acids is 3. The van der Waals surface area contributed by atoms with Crippen LogP contribution in [0.1, 0.15) is 33.9 Å². The first-order valence-corrected chi connectivity index (χ1v) is 12.8. The van der Waals surface area contributed by atoms with Crippen LogP contribution in [-0.2, 0) is 23.7 Å². The molecule has 1 aliphatic heterocycles. The highest BCUT2D eigenvalue weighted by Crippen LogP contribution is 2.40. The lowest BCUT2D eigenvalue weighted by molar-refractivity contribution is -0.385. The maximum absolute atomic E-state index is 13.0. The molecule has 0 aliphatic carbocycles. The molecule has 0 amide bonds. The van der Waals surface area contributed by atoms with Gasteiger partial charge in [0, 0.05) is 31.2 Å². The average molecular weight is 644 g/mol. The number of esters is 3. The first kappa shape index (κ1) is 30.6. The molecular formula is C24H17Cl3N4O11. The summed E-state index contributed by atoms with van der Waals surface area (Å²) in [7, 11) is 0. The molecule has 18 heteroatoms. The lowest BCUT2D eigenvalue weighted by Crippen LogP contribution is -2.41. The van der Waals surface area contributed by atoms with Gasteiger partial charge < -0.3 is 18.9 Å². The van der Waals surface area contributed by atoms with Gasteiger partial charge in [-0.1, -0.05) is 23.2 Å². The van der Waals surface area contributed by atoms with Gasteiger partial charge in [0.05, 0.1) is 21.0 Å². The molecule has 0 N–H and O–H groups in total. The van der Waals surface area contributed by atoms with E-state index in [1.54, 1.807) is 0 Å². The number of imidazole rings is 1. The summed E-state index contributed by atoms with van der Waals surface area (Å²) >= 11 is 18.4. The smallest absolute Gasteiger partial charge is 0.338 e. The number of ether oxygens (including phenoxy) is 4. The second-order valence-electron chi connectivity index (χ2n) is 8.55. The lowest BCUT2D eigenvalue weighted by Gasteiger charge is -2.24. The van der Waals surface area contributed by atoms with Crippen LogP contribution in [0.3, 0.4) is 0 Å². The number of hydrogen-bond acceptors (Lipinski definition) is 12. The van der Waals surface area contributed by atoms with Gasteiger partial charge >= 0.3 is 17.9 Å². The van der Waals surface area contributed by atoms with Crippen LogP contribution in [0.25, 0.3) is 0 Å². The van der Waals surface area contributed by atoms with Crippen LogP contribution < -0.4 is 0 Å². The molecule has 1 saturated heterocycles. The predicted molar refractivity (Wildman–Crippen MR) is 142 cm³/mol. The summed E-state index contributed by atoms with van der Waals surface area (Å²) in [6.45, 7) is 0.512. The number of halogens is 3. The monoisotopic (exact) mass is 642 g/mol. The van der Waals surface area contributed by atoms with E-state index in [9.17, 15) is 34.6 Å². The molecule has 15 nitrogen and oxygen atoms in total. The van der Waals surface area contributed by atoms with Crippen molar-refractivity contribution in [1.29, 1.82) is 0 Å². The van der Waals surface area contributed by atoms with Gasteiger partial charge in [-0.05, 0) is 35.9 Å². The van der Waals surface area contributed by atoms with Gasteiger partial charge in [-0.25, -0.2) is 14.6 Å². The second-order valence-corrected chi connectivity index (χ2v) is 9.60. The molecule has 42 heavy (non-hydrogen) atoms. The number of nitro benzene ring substituents is 2. The minimum atomic E-state index is -1.44. The van der Waals surface area contributed by atoms with Crippen molar-refractivity contribution >= 4 is 64.1 Å². The van der Waals surface area contributed by atoms with Crippen molar-refractivity contribution in [3.05, 3.63) is 95.5 Å².